The molecular weight excluding hydrogens is 174 g/mol. The average molecular weight is 189 g/mol. The number of nitrogens with zero attached hydrogens (tertiary/aromatic N) is 1. The molecule has 0 spiro atoms. The highest BCUT2D eigenvalue weighted by atomic mass is 16.5. The molecule has 14 heavy (non-hydrogen) atoms. The van der Waals surface area contributed by atoms with Crippen molar-refractivity contribution in [3.63, 3.8) is 0 Å². The molecule has 1 aromatic carbocycles. The van der Waals surface area contributed by atoms with Crippen LogP contribution < -0.4 is 4.74 Å². The Kier molecular flexibility index (Phi) is 2.81. The summed E-state index contributed by atoms with van der Waals surface area (Å²) in [6, 6.07) is 7.55. The molecule has 0 radical (unpaired) electrons. The minimum Gasteiger partial charge on any atom is -0.488 e. The number of rotatable bonds is 1. The Morgan fingerprint density at radius 1 is 1.29 bits per heavy atom. The van der Waals surface area contributed by atoms with Gasteiger partial charge in [-0.25, -0.2) is 0 Å². The van der Waals surface area contributed by atoms with Gasteiger partial charge in [0.15, 0.2) is 0 Å². The maximum absolute atomic E-state index is 8.69. The summed E-state index contributed by atoms with van der Waals surface area (Å²) in [5.41, 5.74) is 1.47. The van der Waals surface area contributed by atoms with Crippen LogP contribution in [0.4, 0.5) is 0 Å². The number of hydrogen-bond acceptors (Lipinski definition) is 2. The molecule has 0 fully saturated rings. The van der Waals surface area contributed by atoms with Crippen molar-refractivity contribution in [1.82, 2.24) is 0 Å². The Morgan fingerprint density at radius 3 is 2.36 bits per heavy atom. The van der Waals surface area contributed by atoms with Gasteiger partial charge in [-0.3, -0.25) is 0 Å². The normalized spacial score (nSPS) is 10.8. The molecule has 0 aromatic heterocycles. The maximum Gasteiger partial charge on any atom is 0.123 e. The molecule has 0 amide bonds. The first kappa shape index (κ1) is 10.6. The lowest BCUT2D eigenvalue weighted by molar-refractivity contribution is 0.130. The number of hydrogen-bond donors (Lipinski definition) is 0. The summed E-state index contributed by atoms with van der Waals surface area (Å²) in [5.74, 6) is 0.844. The third-order valence-electron chi connectivity index (χ3n) is 1.72. The van der Waals surface area contributed by atoms with Crippen LogP contribution in [0.3, 0.4) is 0 Å². The quantitative estimate of drug-likeness (QED) is 0.680. The molecular formula is C12H15NO. The maximum atomic E-state index is 8.69. The lowest BCUT2D eigenvalue weighted by Gasteiger charge is -2.22. The van der Waals surface area contributed by atoms with Crippen LogP contribution in [0.1, 0.15) is 31.9 Å². The van der Waals surface area contributed by atoms with Crippen LogP contribution in [0.2, 0.25) is 0 Å². The zero-order valence-corrected chi connectivity index (χ0v) is 9.09. The molecule has 0 N–H and O–H groups in total. The predicted molar refractivity (Wildman–Crippen MR) is 56.3 cm³/mol. The molecule has 2 heteroatoms. The first-order valence-corrected chi connectivity index (χ1v) is 4.62. The van der Waals surface area contributed by atoms with Crippen molar-refractivity contribution in [2.45, 2.75) is 33.3 Å². The number of aryl methyl sites for hydroxylation is 1. The van der Waals surface area contributed by atoms with Crippen molar-refractivity contribution in [2.75, 3.05) is 0 Å². The van der Waals surface area contributed by atoms with E-state index in [1.54, 1.807) is 6.07 Å². The molecule has 74 valence electrons. The second-order valence-electron chi connectivity index (χ2n) is 4.31. The lowest BCUT2D eigenvalue weighted by atomic mass is 10.1. The molecule has 1 rings (SSSR count). The van der Waals surface area contributed by atoms with Gasteiger partial charge in [-0.2, -0.15) is 5.26 Å². The van der Waals surface area contributed by atoms with Gasteiger partial charge in [0.2, 0.25) is 0 Å². The SMILES string of the molecule is Cc1cc(C#N)ccc1OC(C)(C)C. The summed E-state index contributed by atoms with van der Waals surface area (Å²) in [7, 11) is 0. The van der Waals surface area contributed by atoms with Gasteiger partial charge in [-0.1, -0.05) is 0 Å². The molecule has 0 bridgehead atoms. The summed E-state index contributed by atoms with van der Waals surface area (Å²) >= 11 is 0. The van der Waals surface area contributed by atoms with E-state index in [4.69, 9.17) is 10.00 Å². The van der Waals surface area contributed by atoms with Crippen molar-refractivity contribution in [3.8, 4) is 11.8 Å². The van der Waals surface area contributed by atoms with Gasteiger partial charge >= 0.3 is 0 Å². The fourth-order valence-corrected chi connectivity index (χ4v) is 1.16. The monoisotopic (exact) mass is 189 g/mol. The van der Waals surface area contributed by atoms with Crippen LogP contribution in [0, 0.1) is 18.3 Å². The van der Waals surface area contributed by atoms with Crippen LogP contribution >= 0.6 is 0 Å². The highest BCUT2D eigenvalue weighted by Crippen LogP contribution is 2.23. The van der Waals surface area contributed by atoms with E-state index in [9.17, 15) is 0 Å². The van der Waals surface area contributed by atoms with E-state index >= 15 is 0 Å². The van der Waals surface area contributed by atoms with Crippen molar-refractivity contribution in [3.05, 3.63) is 29.3 Å². The second-order valence-corrected chi connectivity index (χ2v) is 4.31. The van der Waals surface area contributed by atoms with Gasteiger partial charge in [0, 0.05) is 0 Å². The van der Waals surface area contributed by atoms with E-state index in [0.717, 1.165) is 11.3 Å². The van der Waals surface area contributed by atoms with E-state index in [0.29, 0.717) is 5.56 Å². The summed E-state index contributed by atoms with van der Waals surface area (Å²) in [4.78, 5) is 0. The third-order valence-corrected chi connectivity index (χ3v) is 1.72. The molecule has 0 aliphatic carbocycles. The fraction of sp³-hybridized carbons (Fsp3) is 0.417. The molecule has 0 heterocycles. The summed E-state index contributed by atoms with van der Waals surface area (Å²) < 4.78 is 5.72. The van der Waals surface area contributed by atoms with Crippen molar-refractivity contribution < 1.29 is 4.74 Å². The lowest BCUT2D eigenvalue weighted by Crippen LogP contribution is -2.23. The minimum absolute atomic E-state index is 0.196. The highest BCUT2D eigenvalue weighted by Gasteiger charge is 2.13. The zero-order chi connectivity index (χ0) is 10.8. The van der Waals surface area contributed by atoms with Crippen molar-refractivity contribution in [2.24, 2.45) is 0 Å². The number of ether oxygens (including phenoxy) is 1. The van der Waals surface area contributed by atoms with Gasteiger partial charge < -0.3 is 4.74 Å². The Hall–Kier alpha value is -1.49. The third kappa shape index (κ3) is 2.77. The molecule has 2 nitrogen and oxygen atoms in total. The van der Waals surface area contributed by atoms with E-state index in [1.807, 2.05) is 39.8 Å². The standard InChI is InChI=1S/C12H15NO/c1-9-7-10(8-13)5-6-11(9)14-12(2,3)4/h5-7H,1-4H3. The van der Waals surface area contributed by atoms with Gasteiger partial charge in [0.1, 0.15) is 11.4 Å². The summed E-state index contributed by atoms with van der Waals surface area (Å²) in [6.07, 6.45) is 0. The zero-order valence-electron chi connectivity index (χ0n) is 9.09. The fourth-order valence-electron chi connectivity index (χ4n) is 1.16. The summed E-state index contributed by atoms with van der Waals surface area (Å²) in [5, 5.41) is 8.69. The van der Waals surface area contributed by atoms with Gasteiger partial charge in [0.25, 0.3) is 0 Å². The van der Waals surface area contributed by atoms with Gasteiger partial charge in [-0.05, 0) is 51.5 Å². The molecule has 0 saturated carbocycles. The Labute approximate surface area is 85.1 Å². The molecule has 0 atom stereocenters. The van der Waals surface area contributed by atoms with E-state index in [-0.39, 0.29) is 5.60 Å². The highest BCUT2D eigenvalue weighted by molar-refractivity contribution is 5.41. The Bertz CT molecular complexity index is 369. The number of nitriles is 1. The van der Waals surface area contributed by atoms with E-state index in [2.05, 4.69) is 6.07 Å². The Morgan fingerprint density at radius 2 is 1.93 bits per heavy atom. The second kappa shape index (κ2) is 3.71. The van der Waals surface area contributed by atoms with E-state index in [1.165, 1.54) is 0 Å². The summed E-state index contributed by atoms with van der Waals surface area (Å²) in [6.45, 7) is 7.96. The van der Waals surface area contributed by atoms with E-state index < -0.39 is 0 Å². The van der Waals surface area contributed by atoms with Gasteiger partial charge in [0.05, 0.1) is 11.6 Å². The molecule has 0 aliphatic rings. The topological polar surface area (TPSA) is 33.0 Å². The average Bonchev–Trinajstić information content (AvgIpc) is 2.06. The molecule has 0 aliphatic heterocycles. The molecule has 1 aromatic rings. The van der Waals surface area contributed by atoms with Crippen LogP contribution in [0.25, 0.3) is 0 Å². The first-order chi connectivity index (χ1) is 6.42. The van der Waals surface area contributed by atoms with Crippen LogP contribution in [0.5, 0.6) is 5.75 Å². The van der Waals surface area contributed by atoms with Crippen LogP contribution in [-0.4, -0.2) is 5.60 Å². The largest absolute Gasteiger partial charge is 0.488 e. The van der Waals surface area contributed by atoms with Crippen molar-refractivity contribution in [1.29, 1.82) is 5.26 Å². The minimum atomic E-state index is -0.196. The van der Waals surface area contributed by atoms with Gasteiger partial charge in [-0.15, -0.1) is 0 Å². The first-order valence-electron chi connectivity index (χ1n) is 4.62. The number of benzene rings is 1. The Balaban J connectivity index is 2.97. The molecule has 0 unspecified atom stereocenters. The van der Waals surface area contributed by atoms with Crippen LogP contribution in [0.15, 0.2) is 18.2 Å². The smallest absolute Gasteiger partial charge is 0.123 e. The van der Waals surface area contributed by atoms with Crippen LogP contribution in [-0.2, 0) is 0 Å². The molecule has 0 saturated heterocycles. The predicted octanol–water partition coefficient (Wildman–Crippen LogP) is 3.04. The van der Waals surface area contributed by atoms with Crippen molar-refractivity contribution >= 4 is 0 Å².